The van der Waals surface area contributed by atoms with Crippen molar-refractivity contribution in [1.82, 2.24) is 19.7 Å². The Hall–Kier alpha value is -0.900. The van der Waals surface area contributed by atoms with E-state index in [4.69, 9.17) is 0 Å². The van der Waals surface area contributed by atoms with Gasteiger partial charge in [0.1, 0.15) is 12.2 Å². The van der Waals surface area contributed by atoms with E-state index >= 15 is 0 Å². The lowest BCUT2D eigenvalue weighted by atomic mass is 9.84. The maximum Gasteiger partial charge on any atom is 0.147 e. The molecule has 4 heterocycles. The van der Waals surface area contributed by atoms with Crippen LogP contribution in [0, 0.1) is 12.8 Å². The van der Waals surface area contributed by atoms with Crippen LogP contribution in [-0.4, -0.2) is 39.3 Å². The molecule has 0 N–H and O–H groups in total. The third-order valence-electron chi connectivity index (χ3n) is 3.58. The summed E-state index contributed by atoms with van der Waals surface area (Å²) in [6, 6.07) is 0.582. The minimum atomic E-state index is 0.582. The molecule has 1 atom stereocenters. The molecule has 76 valence electrons. The number of fused-ring (bicyclic) bond motifs is 3. The fourth-order valence-electron chi connectivity index (χ4n) is 2.75. The van der Waals surface area contributed by atoms with Crippen molar-refractivity contribution in [3.05, 3.63) is 12.2 Å². The second-order valence-corrected chi connectivity index (χ2v) is 4.48. The van der Waals surface area contributed by atoms with Crippen LogP contribution in [0.4, 0.5) is 0 Å². The maximum atomic E-state index is 4.43. The molecule has 4 rings (SSSR count). The second kappa shape index (κ2) is 3.05. The second-order valence-electron chi connectivity index (χ2n) is 4.48. The maximum absolute atomic E-state index is 4.43. The highest BCUT2D eigenvalue weighted by Gasteiger charge is 2.35. The normalized spacial score (nSPS) is 36.2. The lowest BCUT2D eigenvalue weighted by Gasteiger charge is -2.44. The Morgan fingerprint density at radius 1 is 1.36 bits per heavy atom. The number of nitrogens with zero attached hydrogens (tertiary/aromatic N) is 4. The SMILES string of the molecule is Cc1ncn(C2CN3CCC2CC3)n1. The van der Waals surface area contributed by atoms with Gasteiger partial charge in [-0.1, -0.05) is 0 Å². The summed E-state index contributed by atoms with van der Waals surface area (Å²) in [6.07, 6.45) is 4.56. The van der Waals surface area contributed by atoms with Gasteiger partial charge >= 0.3 is 0 Å². The van der Waals surface area contributed by atoms with E-state index in [1.165, 1.54) is 32.5 Å². The Bertz CT molecular complexity index is 325. The monoisotopic (exact) mass is 192 g/mol. The molecule has 0 amide bonds. The molecule has 0 saturated carbocycles. The number of piperidine rings is 3. The van der Waals surface area contributed by atoms with Crippen molar-refractivity contribution in [2.75, 3.05) is 19.6 Å². The standard InChI is InChI=1S/C10H16N4/c1-8-11-7-14(12-8)10-6-13-4-2-9(10)3-5-13/h7,9-10H,2-6H2,1H3. The third kappa shape index (κ3) is 1.25. The van der Waals surface area contributed by atoms with Gasteiger partial charge in [0.05, 0.1) is 6.04 Å². The van der Waals surface area contributed by atoms with Crippen LogP contribution in [0.25, 0.3) is 0 Å². The van der Waals surface area contributed by atoms with E-state index in [-0.39, 0.29) is 0 Å². The van der Waals surface area contributed by atoms with Gasteiger partial charge in [-0.2, -0.15) is 5.10 Å². The summed E-state index contributed by atoms with van der Waals surface area (Å²) < 4.78 is 2.07. The molecule has 3 aliphatic rings. The Morgan fingerprint density at radius 3 is 2.64 bits per heavy atom. The molecule has 0 aromatic carbocycles. The van der Waals surface area contributed by atoms with Crippen molar-refractivity contribution >= 4 is 0 Å². The van der Waals surface area contributed by atoms with E-state index in [0.29, 0.717) is 6.04 Å². The van der Waals surface area contributed by atoms with E-state index in [9.17, 15) is 0 Å². The van der Waals surface area contributed by atoms with E-state index in [1.807, 2.05) is 13.3 Å². The zero-order chi connectivity index (χ0) is 9.54. The van der Waals surface area contributed by atoms with Crippen LogP contribution in [0.3, 0.4) is 0 Å². The molecule has 1 aromatic heterocycles. The molecule has 0 spiro atoms. The number of aromatic nitrogens is 3. The van der Waals surface area contributed by atoms with Gasteiger partial charge in [-0.25, -0.2) is 9.67 Å². The van der Waals surface area contributed by atoms with Gasteiger partial charge in [0.25, 0.3) is 0 Å². The Morgan fingerprint density at radius 2 is 2.14 bits per heavy atom. The van der Waals surface area contributed by atoms with E-state index in [0.717, 1.165) is 11.7 Å². The summed E-state index contributed by atoms with van der Waals surface area (Å²) in [5.74, 6) is 1.72. The van der Waals surface area contributed by atoms with Crippen LogP contribution < -0.4 is 0 Å². The fourth-order valence-corrected chi connectivity index (χ4v) is 2.75. The van der Waals surface area contributed by atoms with E-state index < -0.39 is 0 Å². The first-order valence-electron chi connectivity index (χ1n) is 5.43. The molecule has 3 aliphatic heterocycles. The summed E-state index contributed by atoms with van der Waals surface area (Å²) >= 11 is 0. The minimum absolute atomic E-state index is 0.582. The molecular formula is C10H16N4. The number of rotatable bonds is 1. The van der Waals surface area contributed by atoms with Gasteiger partial charge in [-0.3, -0.25) is 0 Å². The van der Waals surface area contributed by atoms with Crippen LogP contribution in [0.5, 0.6) is 0 Å². The first-order valence-corrected chi connectivity index (χ1v) is 5.43. The molecule has 0 radical (unpaired) electrons. The zero-order valence-electron chi connectivity index (χ0n) is 8.56. The number of aryl methyl sites for hydroxylation is 1. The molecule has 3 fully saturated rings. The summed E-state index contributed by atoms with van der Waals surface area (Å²) in [7, 11) is 0. The molecule has 0 aliphatic carbocycles. The molecule has 1 aromatic rings. The number of hydrogen-bond donors (Lipinski definition) is 0. The summed E-state index contributed by atoms with van der Waals surface area (Å²) in [5, 5.41) is 4.43. The van der Waals surface area contributed by atoms with Crippen LogP contribution >= 0.6 is 0 Å². The van der Waals surface area contributed by atoms with Gasteiger partial charge in [-0.05, 0) is 38.8 Å². The predicted molar refractivity (Wildman–Crippen MR) is 53.0 cm³/mol. The molecule has 2 bridgehead atoms. The van der Waals surface area contributed by atoms with Crippen LogP contribution in [0.2, 0.25) is 0 Å². The molecule has 4 heteroatoms. The third-order valence-corrected chi connectivity index (χ3v) is 3.58. The van der Waals surface area contributed by atoms with Crippen molar-refractivity contribution in [3.63, 3.8) is 0 Å². The van der Waals surface area contributed by atoms with Crippen molar-refractivity contribution < 1.29 is 0 Å². The van der Waals surface area contributed by atoms with Crippen molar-refractivity contribution in [3.8, 4) is 0 Å². The Kier molecular flexibility index (Phi) is 1.83. The summed E-state index contributed by atoms with van der Waals surface area (Å²) in [4.78, 5) is 6.75. The van der Waals surface area contributed by atoms with Gasteiger partial charge in [-0.15, -0.1) is 0 Å². The average Bonchev–Trinajstić information content (AvgIpc) is 2.66. The first-order chi connectivity index (χ1) is 6.83. The number of hydrogen-bond acceptors (Lipinski definition) is 3. The average molecular weight is 192 g/mol. The fraction of sp³-hybridized carbons (Fsp3) is 0.800. The lowest BCUT2D eigenvalue weighted by molar-refractivity contribution is 0.0510. The lowest BCUT2D eigenvalue weighted by Crippen LogP contribution is -2.48. The first kappa shape index (κ1) is 8.41. The minimum Gasteiger partial charge on any atom is -0.301 e. The highest BCUT2D eigenvalue weighted by molar-refractivity contribution is 4.91. The molecule has 14 heavy (non-hydrogen) atoms. The highest BCUT2D eigenvalue weighted by Crippen LogP contribution is 2.34. The van der Waals surface area contributed by atoms with Gasteiger partial charge in [0.2, 0.25) is 0 Å². The quantitative estimate of drug-likeness (QED) is 0.661. The zero-order valence-corrected chi connectivity index (χ0v) is 8.56. The van der Waals surface area contributed by atoms with Crippen LogP contribution in [0.1, 0.15) is 24.7 Å². The molecule has 4 nitrogen and oxygen atoms in total. The topological polar surface area (TPSA) is 34.0 Å². The van der Waals surface area contributed by atoms with Crippen molar-refractivity contribution in [1.29, 1.82) is 0 Å². The van der Waals surface area contributed by atoms with E-state index in [1.54, 1.807) is 0 Å². The Labute approximate surface area is 83.9 Å². The summed E-state index contributed by atoms with van der Waals surface area (Å²) in [5.41, 5.74) is 0. The predicted octanol–water partition coefficient (Wildman–Crippen LogP) is 0.853. The van der Waals surface area contributed by atoms with Gasteiger partial charge in [0, 0.05) is 6.54 Å². The molecule has 1 unspecified atom stereocenters. The molecular weight excluding hydrogens is 176 g/mol. The van der Waals surface area contributed by atoms with Crippen LogP contribution in [-0.2, 0) is 0 Å². The molecule has 3 saturated heterocycles. The smallest absolute Gasteiger partial charge is 0.147 e. The van der Waals surface area contributed by atoms with Gasteiger partial charge in [0.15, 0.2) is 0 Å². The highest BCUT2D eigenvalue weighted by atomic mass is 15.4. The largest absolute Gasteiger partial charge is 0.301 e. The van der Waals surface area contributed by atoms with Gasteiger partial charge < -0.3 is 4.90 Å². The van der Waals surface area contributed by atoms with Crippen molar-refractivity contribution in [2.24, 2.45) is 5.92 Å². The Balaban J connectivity index is 1.85. The van der Waals surface area contributed by atoms with Crippen molar-refractivity contribution in [2.45, 2.75) is 25.8 Å². The summed E-state index contributed by atoms with van der Waals surface area (Å²) in [6.45, 7) is 5.70. The van der Waals surface area contributed by atoms with Crippen LogP contribution in [0.15, 0.2) is 6.33 Å². The van der Waals surface area contributed by atoms with E-state index in [2.05, 4.69) is 19.7 Å².